The minimum atomic E-state index is -0.608. The molecule has 3 aromatic rings. The number of aryl methyl sites for hydroxylation is 1. The molecular formula is C22H18F2N2O3. The van der Waals surface area contributed by atoms with Crippen LogP contribution in [0.25, 0.3) is 0 Å². The van der Waals surface area contributed by atoms with Crippen LogP contribution in [0.15, 0.2) is 54.7 Å². The van der Waals surface area contributed by atoms with Crippen LogP contribution in [0.1, 0.15) is 30.6 Å². The Morgan fingerprint density at radius 2 is 2.03 bits per heavy atom. The molecule has 1 aliphatic rings. The summed E-state index contributed by atoms with van der Waals surface area (Å²) >= 11 is 0. The van der Waals surface area contributed by atoms with E-state index in [-0.39, 0.29) is 5.91 Å². The second kappa shape index (κ2) is 7.87. The molecule has 0 saturated carbocycles. The molecule has 0 saturated heterocycles. The number of pyridine rings is 1. The molecular weight excluding hydrogens is 378 g/mol. The first-order chi connectivity index (χ1) is 14.0. The summed E-state index contributed by atoms with van der Waals surface area (Å²) in [6, 6.07) is 12.3. The molecule has 1 aromatic heterocycles. The van der Waals surface area contributed by atoms with Gasteiger partial charge in [-0.15, -0.1) is 0 Å². The molecule has 29 heavy (non-hydrogen) atoms. The summed E-state index contributed by atoms with van der Waals surface area (Å²) in [5.41, 5.74) is 1.87. The number of amides is 1. The van der Waals surface area contributed by atoms with Crippen LogP contribution in [0, 0.1) is 11.6 Å². The van der Waals surface area contributed by atoms with Crippen molar-refractivity contribution in [2.24, 2.45) is 0 Å². The van der Waals surface area contributed by atoms with Crippen molar-refractivity contribution in [1.82, 2.24) is 4.98 Å². The predicted molar refractivity (Wildman–Crippen MR) is 103 cm³/mol. The average molecular weight is 396 g/mol. The molecule has 1 N–H and O–H groups in total. The largest absolute Gasteiger partial charge is 0.485 e. The number of nitrogens with one attached hydrogen (secondary N) is 1. The maximum atomic E-state index is 14.0. The van der Waals surface area contributed by atoms with E-state index in [1.165, 1.54) is 25.3 Å². The molecule has 2 aromatic carbocycles. The number of hydrogen-bond donors (Lipinski definition) is 1. The topological polar surface area (TPSA) is 60.5 Å². The number of anilines is 1. The van der Waals surface area contributed by atoms with Crippen LogP contribution in [-0.4, -0.2) is 10.9 Å². The standard InChI is InChI=1S/C22H18F2N2O3/c1-13(27)26-16-4-9-22(25-12-16)28-17-5-8-20-14(10-17)2-7-21(29-20)18-6-3-15(23)11-19(18)24/h3-6,8-12,21H,2,7H2,1H3,(H,26,27). The third kappa shape index (κ3) is 4.34. The number of rotatable bonds is 4. The summed E-state index contributed by atoms with van der Waals surface area (Å²) in [7, 11) is 0. The number of ether oxygens (including phenoxy) is 2. The lowest BCUT2D eigenvalue weighted by Gasteiger charge is -2.27. The number of nitrogens with zero attached hydrogens (tertiary/aromatic N) is 1. The number of carbonyl (C=O) groups is 1. The minimum Gasteiger partial charge on any atom is -0.485 e. The van der Waals surface area contributed by atoms with Crippen LogP contribution < -0.4 is 14.8 Å². The van der Waals surface area contributed by atoms with E-state index >= 15 is 0 Å². The number of hydrogen-bond acceptors (Lipinski definition) is 4. The first-order valence-electron chi connectivity index (χ1n) is 9.14. The predicted octanol–water partition coefficient (Wildman–Crippen LogP) is 5.18. The van der Waals surface area contributed by atoms with Crippen LogP contribution in [0.4, 0.5) is 14.5 Å². The summed E-state index contributed by atoms with van der Waals surface area (Å²) in [6.45, 7) is 1.43. The summed E-state index contributed by atoms with van der Waals surface area (Å²) in [6.07, 6.45) is 2.30. The van der Waals surface area contributed by atoms with Crippen molar-refractivity contribution in [3.8, 4) is 17.4 Å². The second-order valence-electron chi connectivity index (χ2n) is 6.75. The third-order valence-electron chi connectivity index (χ3n) is 4.57. The number of benzene rings is 2. The maximum Gasteiger partial charge on any atom is 0.221 e. The summed E-state index contributed by atoms with van der Waals surface area (Å²) in [4.78, 5) is 15.2. The lowest BCUT2D eigenvalue weighted by atomic mass is 9.97. The van der Waals surface area contributed by atoms with Gasteiger partial charge in [-0.3, -0.25) is 4.79 Å². The fourth-order valence-corrected chi connectivity index (χ4v) is 3.25. The Kier molecular flexibility index (Phi) is 5.12. The van der Waals surface area contributed by atoms with Gasteiger partial charge in [0.15, 0.2) is 0 Å². The van der Waals surface area contributed by atoms with Crippen molar-refractivity contribution in [2.45, 2.75) is 25.9 Å². The third-order valence-corrected chi connectivity index (χ3v) is 4.57. The molecule has 7 heteroatoms. The van der Waals surface area contributed by atoms with E-state index < -0.39 is 17.7 Å². The fourth-order valence-electron chi connectivity index (χ4n) is 3.25. The van der Waals surface area contributed by atoms with Gasteiger partial charge in [-0.2, -0.15) is 0 Å². The lowest BCUT2D eigenvalue weighted by Crippen LogP contribution is -2.16. The summed E-state index contributed by atoms with van der Waals surface area (Å²) in [5, 5.41) is 2.64. The quantitative estimate of drug-likeness (QED) is 0.660. The molecule has 0 aliphatic carbocycles. The van der Waals surface area contributed by atoms with E-state index in [4.69, 9.17) is 9.47 Å². The smallest absolute Gasteiger partial charge is 0.221 e. The second-order valence-corrected chi connectivity index (χ2v) is 6.75. The Morgan fingerprint density at radius 3 is 2.76 bits per heavy atom. The number of aromatic nitrogens is 1. The van der Waals surface area contributed by atoms with Crippen LogP contribution in [0.2, 0.25) is 0 Å². The molecule has 0 spiro atoms. The molecule has 148 valence electrons. The SMILES string of the molecule is CC(=O)Nc1ccc(Oc2ccc3c(c2)CCC(c2ccc(F)cc2F)O3)nc1. The van der Waals surface area contributed by atoms with Crippen molar-refractivity contribution in [2.75, 3.05) is 5.32 Å². The van der Waals surface area contributed by atoms with Crippen molar-refractivity contribution in [3.63, 3.8) is 0 Å². The van der Waals surface area contributed by atoms with Gasteiger partial charge in [0.05, 0.1) is 11.9 Å². The van der Waals surface area contributed by atoms with E-state index in [0.29, 0.717) is 41.5 Å². The summed E-state index contributed by atoms with van der Waals surface area (Å²) < 4.78 is 38.9. The molecule has 0 radical (unpaired) electrons. The minimum absolute atomic E-state index is 0.172. The average Bonchev–Trinajstić information content (AvgIpc) is 2.69. The van der Waals surface area contributed by atoms with Gasteiger partial charge < -0.3 is 14.8 Å². The zero-order valence-corrected chi connectivity index (χ0v) is 15.6. The molecule has 2 heterocycles. The van der Waals surface area contributed by atoms with Crippen molar-refractivity contribution < 1.29 is 23.0 Å². The van der Waals surface area contributed by atoms with Crippen LogP contribution in [-0.2, 0) is 11.2 Å². The Hall–Kier alpha value is -3.48. The normalized spacial score (nSPS) is 15.2. The zero-order valence-electron chi connectivity index (χ0n) is 15.6. The van der Waals surface area contributed by atoms with Gasteiger partial charge in [-0.05, 0) is 54.8 Å². The molecule has 1 aliphatic heterocycles. The van der Waals surface area contributed by atoms with Gasteiger partial charge in [-0.25, -0.2) is 13.8 Å². The molecule has 1 amide bonds. The zero-order chi connectivity index (χ0) is 20.4. The van der Waals surface area contributed by atoms with Gasteiger partial charge in [0.25, 0.3) is 0 Å². The Labute approximate surface area is 166 Å². The Balaban J connectivity index is 1.47. The van der Waals surface area contributed by atoms with E-state index in [0.717, 1.165) is 11.6 Å². The van der Waals surface area contributed by atoms with Crippen LogP contribution in [0.3, 0.4) is 0 Å². The van der Waals surface area contributed by atoms with E-state index in [1.54, 1.807) is 24.3 Å². The molecule has 1 atom stereocenters. The first-order valence-corrected chi connectivity index (χ1v) is 9.14. The Morgan fingerprint density at radius 1 is 1.17 bits per heavy atom. The highest BCUT2D eigenvalue weighted by molar-refractivity contribution is 5.88. The molecule has 4 rings (SSSR count). The highest BCUT2D eigenvalue weighted by atomic mass is 19.1. The van der Waals surface area contributed by atoms with E-state index in [2.05, 4.69) is 10.3 Å². The van der Waals surface area contributed by atoms with Crippen LogP contribution >= 0.6 is 0 Å². The number of carbonyl (C=O) groups excluding carboxylic acids is 1. The molecule has 0 bridgehead atoms. The van der Waals surface area contributed by atoms with Gasteiger partial charge in [0.1, 0.15) is 29.2 Å². The lowest BCUT2D eigenvalue weighted by molar-refractivity contribution is -0.114. The molecule has 0 fully saturated rings. The molecule has 5 nitrogen and oxygen atoms in total. The van der Waals surface area contributed by atoms with Crippen molar-refractivity contribution in [1.29, 1.82) is 0 Å². The highest BCUT2D eigenvalue weighted by Crippen LogP contribution is 2.38. The van der Waals surface area contributed by atoms with Gasteiger partial charge in [-0.1, -0.05) is 0 Å². The van der Waals surface area contributed by atoms with Gasteiger partial charge in [0, 0.05) is 24.6 Å². The number of halogens is 2. The highest BCUT2D eigenvalue weighted by Gasteiger charge is 2.24. The van der Waals surface area contributed by atoms with Crippen LogP contribution in [0.5, 0.6) is 17.4 Å². The van der Waals surface area contributed by atoms with E-state index in [9.17, 15) is 13.6 Å². The first kappa shape index (κ1) is 18.9. The monoisotopic (exact) mass is 396 g/mol. The van der Waals surface area contributed by atoms with Gasteiger partial charge in [0.2, 0.25) is 11.8 Å². The fraction of sp³-hybridized carbons (Fsp3) is 0.182. The Bertz CT molecular complexity index is 1050. The maximum absolute atomic E-state index is 14.0. The molecule has 1 unspecified atom stereocenters. The van der Waals surface area contributed by atoms with E-state index in [1.807, 2.05) is 6.07 Å². The summed E-state index contributed by atoms with van der Waals surface area (Å²) in [5.74, 6) is 0.246. The van der Waals surface area contributed by atoms with Gasteiger partial charge >= 0.3 is 0 Å². The number of fused-ring (bicyclic) bond motifs is 1. The van der Waals surface area contributed by atoms with Crippen molar-refractivity contribution in [3.05, 3.63) is 77.5 Å². The van der Waals surface area contributed by atoms with Crippen molar-refractivity contribution >= 4 is 11.6 Å².